The second kappa shape index (κ2) is 5.44. The fourth-order valence-corrected chi connectivity index (χ4v) is 2.48. The number of nitrogens with two attached hydrogens (primary N) is 1. The number of carbonyl (C=O) groups is 1. The van der Waals surface area contributed by atoms with Gasteiger partial charge in [0.2, 0.25) is 0 Å². The van der Waals surface area contributed by atoms with Crippen LogP contribution >= 0.6 is 0 Å². The maximum absolute atomic E-state index is 12.1. The van der Waals surface area contributed by atoms with E-state index >= 15 is 0 Å². The Labute approximate surface area is 120 Å². The third-order valence-corrected chi connectivity index (χ3v) is 3.45. The van der Waals surface area contributed by atoms with Crippen molar-refractivity contribution in [3.8, 4) is 5.75 Å². The lowest BCUT2D eigenvalue weighted by Gasteiger charge is -2.24. The first kappa shape index (κ1) is 14.9. The molecule has 2 rings (SSSR count). The van der Waals surface area contributed by atoms with Crippen molar-refractivity contribution in [1.82, 2.24) is 5.32 Å². The average molecular weight is 276 g/mol. The van der Waals surface area contributed by atoms with Gasteiger partial charge in [0.15, 0.2) is 6.10 Å². The highest BCUT2D eigenvalue weighted by Crippen LogP contribution is 2.35. The highest BCUT2D eigenvalue weighted by atomic mass is 16.5. The number of carbonyl (C=O) groups excluding carboxylic acids is 1. The van der Waals surface area contributed by atoms with Crippen molar-refractivity contribution in [3.63, 3.8) is 0 Å². The van der Waals surface area contributed by atoms with Crippen LogP contribution in [0.5, 0.6) is 5.75 Å². The van der Waals surface area contributed by atoms with E-state index in [1.54, 1.807) is 6.92 Å². The van der Waals surface area contributed by atoms with Gasteiger partial charge in [0.25, 0.3) is 5.91 Å². The third-order valence-electron chi connectivity index (χ3n) is 3.45. The third kappa shape index (κ3) is 3.31. The molecule has 20 heavy (non-hydrogen) atoms. The van der Waals surface area contributed by atoms with Crippen LogP contribution in [0.2, 0.25) is 0 Å². The molecular weight excluding hydrogens is 252 g/mol. The number of benzene rings is 1. The van der Waals surface area contributed by atoms with Gasteiger partial charge in [-0.3, -0.25) is 4.79 Å². The zero-order valence-corrected chi connectivity index (χ0v) is 12.7. The Hall–Kier alpha value is -1.55. The van der Waals surface area contributed by atoms with Crippen molar-refractivity contribution in [2.75, 3.05) is 0 Å². The van der Waals surface area contributed by atoms with Crippen LogP contribution in [0.15, 0.2) is 18.2 Å². The van der Waals surface area contributed by atoms with Crippen LogP contribution in [-0.4, -0.2) is 17.6 Å². The Morgan fingerprint density at radius 3 is 2.80 bits per heavy atom. The summed E-state index contributed by atoms with van der Waals surface area (Å²) in [5.41, 5.74) is 8.09. The monoisotopic (exact) mass is 276 g/mol. The molecule has 0 heterocycles. The molecule has 1 aromatic rings. The minimum atomic E-state index is -0.516. The van der Waals surface area contributed by atoms with E-state index in [2.05, 4.69) is 5.32 Å². The number of rotatable bonds is 3. The molecule has 0 fully saturated rings. The SMILES string of the molecule is CC(Oc1cccc2c1CCC2N)C(=O)NC(C)(C)C. The predicted molar refractivity (Wildman–Crippen MR) is 79.7 cm³/mol. The largest absolute Gasteiger partial charge is 0.481 e. The molecule has 0 aromatic heterocycles. The minimum absolute atomic E-state index is 0.0901. The Morgan fingerprint density at radius 1 is 1.45 bits per heavy atom. The van der Waals surface area contributed by atoms with E-state index < -0.39 is 6.10 Å². The van der Waals surface area contributed by atoms with Crippen molar-refractivity contribution >= 4 is 5.91 Å². The summed E-state index contributed by atoms with van der Waals surface area (Å²) in [7, 11) is 0. The van der Waals surface area contributed by atoms with E-state index in [0.717, 1.165) is 29.7 Å². The average Bonchev–Trinajstić information content (AvgIpc) is 2.70. The number of fused-ring (bicyclic) bond motifs is 1. The fraction of sp³-hybridized carbons (Fsp3) is 0.562. The summed E-state index contributed by atoms with van der Waals surface area (Å²) in [5, 5.41) is 2.93. The van der Waals surface area contributed by atoms with Gasteiger partial charge in [-0.1, -0.05) is 12.1 Å². The molecule has 4 heteroatoms. The molecule has 3 N–H and O–H groups in total. The molecule has 0 saturated heterocycles. The Bertz CT molecular complexity index is 506. The molecule has 1 aliphatic carbocycles. The summed E-state index contributed by atoms with van der Waals surface area (Å²) in [6.07, 6.45) is 1.34. The highest BCUT2D eigenvalue weighted by Gasteiger charge is 2.25. The first-order valence-corrected chi connectivity index (χ1v) is 7.14. The molecule has 110 valence electrons. The van der Waals surface area contributed by atoms with Gasteiger partial charge in [-0.25, -0.2) is 0 Å². The zero-order valence-electron chi connectivity index (χ0n) is 12.7. The molecule has 0 bridgehead atoms. The molecule has 1 aliphatic rings. The van der Waals surface area contributed by atoms with Gasteiger partial charge in [-0.15, -0.1) is 0 Å². The molecule has 1 amide bonds. The van der Waals surface area contributed by atoms with E-state index in [0.29, 0.717) is 0 Å². The van der Waals surface area contributed by atoms with Gasteiger partial charge in [-0.2, -0.15) is 0 Å². The van der Waals surface area contributed by atoms with Crippen LogP contribution in [0.3, 0.4) is 0 Å². The van der Waals surface area contributed by atoms with E-state index in [-0.39, 0.29) is 17.5 Å². The van der Waals surface area contributed by atoms with Crippen molar-refractivity contribution in [2.24, 2.45) is 5.73 Å². The standard InChI is InChI=1S/C16H24N2O2/c1-10(15(19)18-16(2,3)4)20-14-7-5-6-11-12(14)8-9-13(11)17/h5-7,10,13H,8-9,17H2,1-4H3,(H,18,19). The fourth-order valence-electron chi connectivity index (χ4n) is 2.48. The minimum Gasteiger partial charge on any atom is -0.481 e. The van der Waals surface area contributed by atoms with Gasteiger partial charge in [0, 0.05) is 11.6 Å². The van der Waals surface area contributed by atoms with Crippen molar-refractivity contribution in [1.29, 1.82) is 0 Å². The topological polar surface area (TPSA) is 64.3 Å². The predicted octanol–water partition coefficient (Wildman–Crippen LogP) is 2.31. The second-order valence-electron chi connectivity index (χ2n) is 6.47. The van der Waals surface area contributed by atoms with Crippen molar-refractivity contribution in [2.45, 2.75) is 58.2 Å². The number of hydrogen-bond acceptors (Lipinski definition) is 3. The number of nitrogens with one attached hydrogen (secondary N) is 1. The van der Waals surface area contributed by atoms with Gasteiger partial charge < -0.3 is 15.8 Å². The maximum atomic E-state index is 12.1. The van der Waals surface area contributed by atoms with Crippen molar-refractivity contribution in [3.05, 3.63) is 29.3 Å². The lowest BCUT2D eigenvalue weighted by Crippen LogP contribution is -2.46. The van der Waals surface area contributed by atoms with Crippen LogP contribution in [-0.2, 0) is 11.2 Å². The van der Waals surface area contributed by atoms with Crippen molar-refractivity contribution < 1.29 is 9.53 Å². The molecule has 0 aliphatic heterocycles. The first-order chi connectivity index (χ1) is 9.28. The molecule has 0 radical (unpaired) electrons. The number of hydrogen-bond donors (Lipinski definition) is 2. The first-order valence-electron chi connectivity index (χ1n) is 7.14. The van der Waals surface area contributed by atoms with E-state index in [1.165, 1.54) is 0 Å². The van der Waals surface area contributed by atoms with E-state index in [9.17, 15) is 4.79 Å². The van der Waals surface area contributed by atoms with E-state index in [1.807, 2.05) is 39.0 Å². The molecule has 2 unspecified atom stereocenters. The summed E-state index contributed by atoms with van der Waals surface area (Å²) in [4.78, 5) is 12.1. The Kier molecular flexibility index (Phi) is 4.04. The smallest absolute Gasteiger partial charge is 0.261 e. The number of ether oxygens (including phenoxy) is 1. The molecule has 0 saturated carbocycles. The maximum Gasteiger partial charge on any atom is 0.261 e. The van der Waals surface area contributed by atoms with Gasteiger partial charge in [0.05, 0.1) is 0 Å². The van der Waals surface area contributed by atoms with Crippen LogP contribution in [0.25, 0.3) is 0 Å². The van der Waals surface area contributed by atoms with Gasteiger partial charge >= 0.3 is 0 Å². The second-order valence-corrected chi connectivity index (χ2v) is 6.47. The van der Waals surface area contributed by atoms with Crippen LogP contribution in [0, 0.1) is 0 Å². The Balaban J connectivity index is 2.09. The zero-order chi connectivity index (χ0) is 14.9. The quantitative estimate of drug-likeness (QED) is 0.890. The van der Waals surface area contributed by atoms with Crippen LogP contribution in [0.4, 0.5) is 0 Å². The summed E-state index contributed by atoms with van der Waals surface area (Å²) in [6.45, 7) is 7.64. The van der Waals surface area contributed by atoms with Crippen LogP contribution in [0.1, 0.15) is 51.3 Å². The normalized spacial score (nSPS) is 19.4. The molecule has 0 spiro atoms. The summed E-state index contributed by atoms with van der Waals surface area (Å²) < 4.78 is 5.85. The molecule has 4 nitrogen and oxygen atoms in total. The number of amides is 1. The summed E-state index contributed by atoms with van der Waals surface area (Å²) in [6, 6.07) is 5.98. The lowest BCUT2D eigenvalue weighted by atomic mass is 10.1. The van der Waals surface area contributed by atoms with Crippen LogP contribution < -0.4 is 15.8 Å². The molecule has 2 atom stereocenters. The highest BCUT2D eigenvalue weighted by molar-refractivity contribution is 5.81. The molecule has 1 aromatic carbocycles. The van der Waals surface area contributed by atoms with E-state index in [4.69, 9.17) is 10.5 Å². The molecular formula is C16H24N2O2. The summed E-state index contributed by atoms with van der Waals surface area (Å²) >= 11 is 0. The lowest BCUT2D eigenvalue weighted by molar-refractivity contribution is -0.128. The van der Waals surface area contributed by atoms with Gasteiger partial charge in [0.1, 0.15) is 5.75 Å². The van der Waals surface area contributed by atoms with Gasteiger partial charge in [-0.05, 0) is 57.7 Å². The Morgan fingerprint density at radius 2 is 2.15 bits per heavy atom. The summed E-state index contributed by atoms with van der Waals surface area (Å²) in [5.74, 6) is 0.685.